The van der Waals surface area contributed by atoms with Gasteiger partial charge in [-0.1, -0.05) is 13.8 Å². The van der Waals surface area contributed by atoms with Gasteiger partial charge in [-0.05, 0) is 12.5 Å². The maximum Gasteiger partial charge on any atom is 0.242 e. The van der Waals surface area contributed by atoms with E-state index in [9.17, 15) is 0 Å². The van der Waals surface area contributed by atoms with E-state index in [4.69, 9.17) is 13.9 Å². The van der Waals surface area contributed by atoms with Crippen molar-refractivity contribution in [1.29, 1.82) is 0 Å². The van der Waals surface area contributed by atoms with Crippen LogP contribution in [0.15, 0.2) is 16.7 Å². The van der Waals surface area contributed by atoms with Gasteiger partial charge in [-0.2, -0.15) is 5.10 Å². The topological polar surface area (TPSA) is 78.4 Å². The van der Waals surface area contributed by atoms with Crippen LogP contribution in [0.25, 0.3) is 0 Å². The van der Waals surface area contributed by atoms with Crippen LogP contribution in [-0.4, -0.2) is 57.2 Å². The molecule has 8 nitrogen and oxygen atoms in total. The summed E-state index contributed by atoms with van der Waals surface area (Å²) in [4.78, 5) is 2.43. The summed E-state index contributed by atoms with van der Waals surface area (Å²) >= 11 is 0. The van der Waals surface area contributed by atoms with Crippen LogP contribution in [0.5, 0.6) is 0 Å². The maximum absolute atomic E-state index is 5.97. The van der Waals surface area contributed by atoms with Gasteiger partial charge >= 0.3 is 0 Å². The summed E-state index contributed by atoms with van der Waals surface area (Å²) in [6, 6.07) is 2.06. The molecule has 4 heterocycles. The van der Waals surface area contributed by atoms with Gasteiger partial charge in [-0.25, -0.2) is 0 Å². The fourth-order valence-electron chi connectivity index (χ4n) is 3.67. The highest BCUT2D eigenvalue weighted by molar-refractivity contribution is 5.08. The minimum absolute atomic E-state index is 0.148. The van der Waals surface area contributed by atoms with Crippen molar-refractivity contribution < 1.29 is 13.9 Å². The summed E-state index contributed by atoms with van der Waals surface area (Å²) < 4.78 is 19.4. The molecule has 8 heteroatoms. The van der Waals surface area contributed by atoms with Crippen LogP contribution in [0.2, 0.25) is 0 Å². The van der Waals surface area contributed by atoms with Crippen molar-refractivity contribution in [2.45, 2.75) is 45.0 Å². The van der Waals surface area contributed by atoms with Crippen molar-refractivity contribution in [3.63, 3.8) is 0 Å². The van der Waals surface area contributed by atoms with Gasteiger partial charge in [0.05, 0.1) is 11.8 Å². The average molecular weight is 361 g/mol. The average Bonchev–Trinajstić information content (AvgIpc) is 3.29. The fraction of sp³-hybridized carbons (Fsp3) is 0.722. The normalized spacial score (nSPS) is 24.5. The van der Waals surface area contributed by atoms with Crippen molar-refractivity contribution >= 4 is 0 Å². The molecule has 2 aliphatic heterocycles. The summed E-state index contributed by atoms with van der Waals surface area (Å²) in [6.45, 7) is 8.21. The molecule has 2 aromatic heterocycles. The zero-order chi connectivity index (χ0) is 18.1. The Morgan fingerprint density at radius 3 is 2.85 bits per heavy atom. The largest absolute Gasteiger partial charge is 0.422 e. The van der Waals surface area contributed by atoms with E-state index in [2.05, 4.69) is 26.3 Å². The van der Waals surface area contributed by atoms with E-state index in [1.165, 1.54) is 0 Å². The fourth-order valence-corrected chi connectivity index (χ4v) is 3.67. The highest BCUT2D eigenvalue weighted by Gasteiger charge is 2.36. The van der Waals surface area contributed by atoms with Gasteiger partial charge in [-0.15, -0.1) is 10.2 Å². The van der Waals surface area contributed by atoms with Crippen LogP contribution in [0.1, 0.15) is 49.8 Å². The number of rotatable bonds is 7. The third-order valence-electron chi connectivity index (χ3n) is 5.20. The summed E-state index contributed by atoms with van der Waals surface area (Å²) in [6.07, 6.45) is 3.32. The molecule has 142 valence electrons. The minimum atomic E-state index is 0.148. The van der Waals surface area contributed by atoms with E-state index in [-0.39, 0.29) is 18.1 Å². The van der Waals surface area contributed by atoms with Gasteiger partial charge in [0.1, 0.15) is 12.7 Å². The SMILES string of the molecule is CC(C)c1nnc(COC2CN(C[C@@H]3CCO[C@H]3c3ccnn3C)C2)o1. The molecule has 2 saturated heterocycles. The van der Waals surface area contributed by atoms with E-state index < -0.39 is 0 Å². The first-order valence-corrected chi connectivity index (χ1v) is 9.36. The Bertz CT molecular complexity index is 722. The molecular formula is C18H27N5O3. The molecule has 0 aromatic carbocycles. The first kappa shape index (κ1) is 17.6. The molecule has 4 rings (SSSR count). The molecule has 0 saturated carbocycles. The van der Waals surface area contributed by atoms with Crippen LogP contribution in [-0.2, 0) is 23.1 Å². The Kier molecular flexibility index (Phi) is 5.06. The van der Waals surface area contributed by atoms with Crippen molar-refractivity contribution in [1.82, 2.24) is 24.9 Å². The molecule has 0 spiro atoms. The van der Waals surface area contributed by atoms with Gasteiger partial charge in [0.25, 0.3) is 0 Å². The van der Waals surface area contributed by atoms with Gasteiger partial charge < -0.3 is 13.9 Å². The lowest BCUT2D eigenvalue weighted by atomic mass is 9.96. The third kappa shape index (κ3) is 3.67. The molecule has 2 fully saturated rings. The second-order valence-corrected chi connectivity index (χ2v) is 7.56. The number of hydrogen-bond donors (Lipinski definition) is 0. The zero-order valence-electron chi connectivity index (χ0n) is 15.7. The zero-order valence-corrected chi connectivity index (χ0v) is 15.7. The second kappa shape index (κ2) is 7.46. The molecule has 0 amide bonds. The first-order chi connectivity index (χ1) is 12.6. The summed E-state index contributed by atoms with van der Waals surface area (Å²) in [7, 11) is 1.98. The van der Waals surface area contributed by atoms with Gasteiger partial charge in [0.2, 0.25) is 11.8 Å². The van der Waals surface area contributed by atoms with Crippen LogP contribution in [0, 0.1) is 5.92 Å². The number of nitrogens with zero attached hydrogens (tertiary/aromatic N) is 5. The Morgan fingerprint density at radius 1 is 1.31 bits per heavy atom. The predicted molar refractivity (Wildman–Crippen MR) is 93.4 cm³/mol. The van der Waals surface area contributed by atoms with Crippen molar-refractivity contribution in [2.75, 3.05) is 26.2 Å². The van der Waals surface area contributed by atoms with Crippen LogP contribution in [0.4, 0.5) is 0 Å². The molecular weight excluding hydrogens is 334 g/mol. The highest BCUT2D eigenvalue weighted by atomic mass is 16.5. The molecule has 0 radical (unpaired) electrons. The van der Waals surface area contributed by atoms with Crippen LogP contribution >= 0.6 is 0 Å². The maximum atomic E-state index is 5.97. The number of likely N-dealkylation sites (tertiary alicyclic amines) is 1. The quantitative estimate of drug-likeness (QED) is 0.745. The number of aromatic nitrogens is 4. The minimum Gasteiger partial charge on any atom is -0.422 e. The lowest BCUT2D eigenvalue weighted by Crippen LogP contribution is -2.53. The van der Waals surface area contributed by atoms with Crippen molar-refractivity contribution in [3.05, 3.63) is 29.7 Å². The molecule has 26 heavy (non-hydrogen) atoms. The molecule has 2 aromatic rings. The molecule has 0 bridgehead atoms. The molecule has 0 aliphatic carbocycles. The third-order valence-corrected chi connectivity index (χ3v) is 5.20. The van der Waals surface area contributed by atoms with E-state index in [0.29, 0.717) is 24.3 Å². The first-order valence-electron chi connectivity index (χ1n) is 9.36. The molecule has 0 N–H and O–H groups in total. The standard InChI is InChI=1S/C18H27N5O3/c1-12(2)18-21-20-16(26-18)11-25-14-9-23(10-14)8-13-5-7-24-17(13)15-4-6-19-22(15)3/h4,6,12-14,17H,5,7-11H2,1-3H3/t13-,17+/m0/s1. The lowest BCUT2D eigenvalue weighted by Gasteiger charge is -2.40. The monoisotopic (exact) mass is 361 g/mol. The Morgan fingerprint density at radius 2 is 2.15 bits per heavy atom. The summed E-state index contributed by atoms with van der Waals surface area (Å²) in [5.74, 6) is 1.99. The van der Waals surface area contributed by atoms with Crippen molar-refractivity contribution in [2.24, 2.45) is 13.0 Å². The van der Waals surface area contributed by atoms with Crippen LogP contribution < -0.4 is 0 Å². The highest BCUT2D eigenvalue weighted by Crippen LogP contribution is 2.35. The number of hydrogen-bond acceptors (Lipinski definition) is 7. The molecule has 0 unspecified atom stereocenters. The Labute approximate surface area is 153 Å². The predicted octanol–water partition coefficient (Wildman–Crippen LogP) is 1.91. The van der Waals surface area contributed by atoms with E-state index >= 15 is 0 Å². The van der Waals surface area contributed by atoms with Crippen LogP contribution in [0.3, 0.4) is 0 Å². The molecule has 2 atom stereocenters. The van der Waals surface area contributed by atoms with E-state index in [1.54, 1.807) is 0 Å². The van der Waals surface area contributed by atoms with Gasteiger partial charge in [-0.3, -0.25) is 9.58 Å². The number of ether oxygens (including phenoxy) is 2. The smallest absolute Gasteiger partial charge is 0.242 e. The second-order valence-electron chi connectivity index (χ2n) is 7.56. The van der Waals surface area contributed by atoms with Gasteiger partial charge in [0.15, 0.2) is 0 Å². The van der Waals surface area contributed by atoms with E-state index in [0.717, 1.165) is 38.4 Å². The Balaban J connectivity index is 1.22. The summed E-state index contributed by atoms with van der Waals surface area (Å²) in [5, 5.41) is 12.3. The lowest BCUT2D eigenvalue weighted by molar-refractivity contribution is -0.0759. The Hall–Kier alpha value is -1.77. The van der Waals surface area contributed by atoms with Gasteiger partial charge in [0, 0.05) is 51.3 Å². The summed E-state index contributed by atoms with van der Waals surface area (Å²) in [5.41, 5.74) is 1.16. The van der Waals surface area contributed by atoms with Crippen molar-refractivity contribution in [3.8, 4) is 0 Å². The molecule has 2 aliphatic rings. The number of aryl methyl sites for hydroxylation is 1. The van der Waals surface area contributed by atoms with E-state index in [1.807, 2.05) is 31.8 Å².